The van der Waals surface area contributed by atoms with Crippen molar-refractivity contribution in [3.05, 3.63) is 30.3 Å². The van der Waals surface area contributed by atoms with Crippen molar-refractivity contribution in [2.45, 2.75) is 12.4 Å². The number of anilines is 1. The Morgan fingerprint density at radius 2 is 1.63 bits per heavy atom. The summed E-state index contributed by atoms with van der Waals surface area (Å²) in [4.78, 5) is 3.42. The van der Waals surface area contributed by atoms with E-state index in [4.69, 9.17) is 0 Å². The van der Waals surface area contributed by atoms with Crippen molar-refractivity contribution >= 4 is 5.69 Å². The predicted octanol–water partition coefficient (Wildman–Crippen LogP) is 2.34. The summed E-state index contributed by atoms with van der Waals surface area (Å²) < 4.78 is 42.8. The molecule has 1 aliphatic heterocycles. The van der Waals surface area contributed by atoms with Crippen LogP contribution in [0, 0.1) is 0 Å². The molecule has 1 heterocycles. The Bertz CT molecular complexity index is 389. The molecule has 0 N–H and O–H groups in total. The Morgan fingerprint density at radius 1 is 1.05 bits per heavy atom. The van der Waals surface area contributed by atoms with Crippen LogP contribution in [0.3, 0.4) is 0 Å². The molecule has 1 unspecified atom stereocenters. The first-order valence-electron chi connectivity index (χ1n) is 6.16. The average molecular weight is 274 g/mol. The van der Waals surface area contributed by atoms with Crippen LogP contribution in [-0.2, 0) is 4.74 Å². The van der Waals surface area contributed by atoms with Gasteiger partial charge in [-0.25, -0.2) is 0 Å². The normalized spacial score (nSPS) is 19.5. The second kappa shape index (κ2) is 5.79. The topological polar surface area (TPSA) is 15.7 Å². The minimum absolute atomic E-state index is 0.340. The molecule has 0 bridgehead atoms. The monoisotopic (exact) mass is 274 g/mol. The summed E-state index contributed by atoms with van der Waals surface area (Å²) in [7, 11) is 1.10. The number of piperazine rings is 1. The Hall–Kier alpha value is -1.27. The van der Waals surface area contributed by atoms with Crippen molar-refractivity contribution in [1.82, 2.24) is 4.90 Å². The van der Waals surface area contributed by atoms with Crippen LogP contribution in [0.4, 0.5) is 18.9 Å². The molecular weight excluding hydrogens is 257 g/mol. The third-order valence-corrected chi connectivity index (χ3v) is 3.27. The van der Waals surface area contributed by atoms with Crippen molar-refractivity contribution in [3.8, 4) is 0 Å². The lowest BCUT2D eigenvalue weighted by molar-refractivity contribution is -0.259. The Morgan fingerprint density at radius 3 is 2.11 bits per heavy atom. The molecule has 1 atom stereocenters. The highest BCUT2D eigenvalue weighted by molar-refractivity contribution is 5.46. The highest BCUT2D eigenvalue weighted by Crippen LogP contribution is 2.27. The molecule has 2 rings (SSSR count). The predicted molar refractivity (Wildman–Crippen MR) is 67.1 cm³/mol. The molecule has 6 heteroatoms. The Labute approximate surface area is 110 Å². The van der Waals surface area contributed by atoms with Gasteiger partial charge in [0.15, 0.2) is 0 Å². The van der Waals surface area contributed by atoms with Crippen LogP contribution in [0.15, 0.2) is 30.3 Å². The number of hydrogen-bond donors (Lipinski definition) is 0. The highest BCUT2D eigenvalue weighted by atomic mass is 19.4. The largest absolute Gasteiger partial charge is 0.428 e. The number of ether oxygens (including phenoxy) is 1. The molecule has 1 fully saturated rings. The molecule has 1 aromatic carbocycles. The molecule has 0 amide bonds. The molecule has 19 heavy (non-hydrogen) atoms. The minimum Gasteiger partial charge on any atom is -0.369 e. The van der Waals surface area contributed by atoms with Gasteiger partial charge < -0.3 is 9.64 Å². The van der Waals surface area contributed by atoms with Gasteiger partial charge in [0.1, 0.15) is 0 Å². The molecular formula is C13H17F3N2O. The fraction of sp³-hybridized carbons (Fsp3) is 0.538. The van der Waals surface area contributed by atoms with Gasteiger partial charge >= 0.3 is 6.18 Å². The van der Waals surface area contributed by atoms with Crippen molar-refractivity contribution in [2.75, 3.05) is 38.2 Å². The van der Waals surface area contributed by atoms with Gasteiger partial charge in [-0.3, -0.25) is 4.90 Å². The number of benzene rings is 1. The van der Waals surface area contributed by atoms with Gasteiger partial charge in [-0.15, -0.1) is 0 Å². The summed E-state index contributed by atoms with van der Waals surface area (Å²) >= 11 is 0. The molecule has 1 saturated heterocycles. The Kier molecular flexibility index (Phi) is 4.31. The van der Waals surface area contributed by atoms with Gasteiger partial charge in [-0.2, -0.15) is 13.2 Å². The molecule has 0 aromatic heterocycles. The maximum Gasteiger partial charge on any atom is 0.428 e. The fourth-order valence-electron chi connectivity index (χ4n) is 2.34. The molecule has 0 saturated carbocycles. The minimum atomic E-state index is -4.34. The zero-order valence-corrected chi connectivity index (χ0v) is 10.7. The maximum absolute atomic E-state index is 12.7. The van der Waals surface area contributed by atoms with Crippen LogP contribution in [0.2, 0.25) is 0 Å². The molecule has 106 valence electrons. The average Bonchev–Trinajstić information content (AvgIpc) is 2.40. The number of methoxy groups -OCH3 is 1. The summed E-state index contributed by atoms with van der Waals surface area (Å²) in [6.07, 6.45) is -6.14. The SMILES string of the molecule is COC(N1CCN(c2ccccc2)CC1)C(F)(F)F. The van der Waals surface area contributed by atoms with Crippen molar-refractivity contribution < 1.29 is 17.9 Å². The first-order valence-corrected chi connectivity index (χ1v) is 6.16. The van der Waals surface area contributed by atoms with E-state index in [2.05, 4.69) is 9.64 Å². The molecule has 1 aromatic rings. The number of nitrogens with zero attached hydrogens (tertiary/aromatic N) is 2. The van der Waals surface area contributed by atoms with E-state index in [-0.39, 0.29) is 0 Å². The summed E-state index contributed by atoms with van der Waals surface area (Å²) in [5.74, 6) is 0. The third kappa shape index (κ3) is 3.39. The second-order valence-electron chi connectivity index (χ2n) is 4.49. The molecule has 3 nitrogen and oxygen atoms in total. The van der Waals surface area contributed by atoms with Gasteiger partial charge in [0.05, 0.1) is 0 Å². The summed E-state index contributed by atoms with van der Waals surface area (Å²) in [6.45, 7) is 1.82. The summed E-state index contributed by atoms with van der Waals surface area (Å²) in [5, 5.41) is 0. The van der Waals surface area contributed by atoms with E-state index in [1.165, 1.54) is 4.90 Å². The van der Waals surface area contributed by atoms with E-state index < -0.39 is 12.4 Å². The van der Waals surface area contributed by atoms with Crippen LogP contribution >= 0.6 is 0 Å². The van der Waals surface area contributed by atoms with Crippen LogP contribution in [0.25, 0.3) is 0 Å². The summed E-state index contributed by atoms with van der Waals surface area (Å²) in [5.41, 5.74) is 1.04. The highest BCUT2D eigenvalue weighted by Gasteiger charge is 2.44. The smallest absolute Gasteiger partial charge is 0.369 e. The van der Waals surface area contributed by atoms with Gasteiger partial charge in [0.25, 0.3) is 0 Å². The number of halogens is 3. The quantitative estimate of drug-likeness (QED) is 0.841. The lowest BCUT2D eigenvalue weighted by Crippen LogP contribution is -2.55. The van der Waals surface area contributed by atoms with E-state index in [0.717, 1.165) is 12.8 Å². The maximum atomic E-state index is 12.7. The van der Waals surface area contributed by atoms with Gasteiger partial charge in [0, 0.05) is 39.0 Å². The van der Waals surface area contributed by atoms with Gasteiger partial charge in [-0.05, 0) is 12.1 Å². The van der Waals surface area contributed by atoms with Crippen molar-refractivity contribution in [2.24, 2.45) is 0 Å². The van der Waals surface area contributed by atoms with Crippen LogP contribution in [0.5, 0.6) is 0 Å². The summed E-state index contributed by atoms with van der Waals surface area (Å²) in [6, 6.07) is 9.70. The lowest BCUT2D eigenvalue weighted by atomic mass is 10.2. The van der Waals surface area contributed by atoms with Crippen molar-refractivity contribution in [1.29, 1.82) is 0 Å². The number of para-hydroxylation sites is 1. The van der Waals surface area contributed by atoms with E-state index in [1.807, 2.05) is 30.3 Å². The zero-order valence-electron chi connectivity index (χ0n) is 10.7. The third-order valence-electron chi connectivity index (χ3n) is 3.27. The standard InChI is InChI=1S/C13H17F3N2O/c1-19-12(13(14,15)16)18-9-7-17(8-10-18)11-5-3-2-4-6-11/h2-6,12H,7-10H2,1H3. The van der Waals surface area contributed by atoms with Crippen LogP contribution in [-0.4, -0.2) is 50.6 Å². The Balaban J connectivity index is 1.96. The van der Waals surface area contributed by atoms with Crippen LogP contribution in [0.1, 0.15) is 0 Å². The van der Waals surface area contributed by atoms with E-state index in [0.29, 0.717) is 26.2 Å². The van der Waals surface area contributed by atoms with Gasteiger partial charge in [0.2, 0.25) is 6.23 Å². The zero-order chi connectivity index (χ0) is 13.9. The lowest BCUT2D eigenvalue weighted by Gasteiger charge is -2.39. The first-order chi connectivity index (χ1) is 9.02. The fourth-order valence-corrected chi connectivity index (χ4v) is 2.34. The van der Waals surface area contributed by atoms with E-state index in [1.54, 1.807) is 0 Å². The van der Waals surface area contributed by atoms with E-state index >= 15 is 0 Å². The number of rotatable bonds is 3. The molecule has 0 radical (unpaired) electrons. The molecule has 0 aliphatic carbocycles. The van der Waals surface area contributed by atoms with E-state index in [9.17, 15) is 13.2 Å². The van der Waals surface area contributed by atoms with Crippen LogP contribution < -0.4 is 4.90 Å². The van der Waals surface area contributed by atoms with Gasteiger partial charge in [-0.1, -0.05) is 18.2 Å². The first kappa shape index (κ1) is 14.1. The van der Waals surface area contributed by atoms with Crippen molar-refractivity contribution in [3.63, 3.8) is 0 Å². The second-order valence-corrected chi connectivity index (χ2v) is 4.49. The molecule has 0 spiro atoms. The molecule has 1 aliphatic rings. The number of hydrogen-bond acceptors (Lipinski definition) is 3. The number of alkyl halides is 3.